The Kier molecular flexibility index (Phi) is 5.49. The van der Waals surface area contributed by atoms with Gasteiger partial charge in [0, 0.05) is 54.6 Å². The van der Waals surface area contributed by atoms with Gasteiger partial charge in [-0.15, -0.1) is 0 Å². The molecule has 5 aromatic rings. The van der Waals surface area contributed by atoms with E-state index < -0.39 is 5.41 Å². The smallest absolute Gasteiger partial charge is 0.171 e. The maximum Gasteiger partial charge on any atom is 0.171 e. The van der Waals surface area contributed by atoms with Crippen molar-refractivity contribution in [3.05, 3.63) is 84.3 Å². The van der Waals surface area contributed by atoms with E-state index in [4.69, 9.17) is 4.98 Å². The van der Waals surface area contributed by atoms with Gasteiger partial charge in [0.25, 0.3) is 0 Å². The molecule has 1 atom stereocenters. The molecule has 6 heteroatoms. The number of rotatable bonds is 5. The monoisotopic (exact) mass is 477 g/mol. The second-order valence-corrected chi connectivity index (χ2v) is 10.9. The van der Waals surface area contributed by atoms with Crippen LogP contribution in [0.25, 0.3) is 33.3 Å². The number of nitrogens with one attached hydrogen (secondary N) is 1. The minimum atomic E-state index is -0.484. The van der Waals surface area contributed by atoms with Crippen molar-refractivity contribution in [3.8, 4) is 11.3 Å². The van der Waals surface area contributed by atoms with Crippen LogP contribution in [0, 0.1) is 5.41 Å². The lowest BCUT2D eigenvalue weighted by Gasteiger charge is -2.18. The van der Waals surface area contributed by atoms with E-state index in [0.29, 0.717) is 22.8 Å². The Morgan fingerprint density at radius 1 is 1.11 bits per heavy atom. The van der Waals surface area contributed by atoms with Gasteiger partial charge in [-0.2, -0.15) is 0 Å². The molecule has 1 aliphatic rings. The maximum absolute atomic E-state index is 13.0. The number of hydrogen-bond donors (Lipinski definition) is 1. The van der Waals surface area contributed by atoms with Gasteiger partial charge in [0.1, 0.15) is 5.52 Å². The van der Waals surface area contributed by atoms with Gasteiger partial charge in [-0.05, 0) is 29.5 Å². The van der Waals surface area contributed by atoms with Crippen LogP contribution in [-0.4, -0.2) is 43.3 Å². The summed E-state index contributed by atoms with van der Waals surface area (Å²) < 4.78 is 2.42. The van der Waals surface area contributed by atoms with Crippen LogP contribution in [0.15, 0.2) is 73.2 Å². The number of H-pyrrole nitrogens is 1. The van der Waals surface area contributed by atoms with Gasteiger partial charge in [0.2, 0.25) is 0 Å². The van der Waals surface area contributed by atoms with Gasteiger partial charge in [-0.1, -0.05) is 63.2 Å². The van der Waals surface area contributed by atoms with Crippen molar-refractivity contribution in [3.63, 3.8) is 0 Å². The van der Waals surface area contributed by atoms with E-state index in [1.54, 1.807) is 12.4 Å². The van der Waals surface area contributed by atoms with Crippen LogP contribution in [-0.2, 0) is 6.54 Å². The lowest BCUT2D eigenvalue weighted by molar-refractivity contribution is 0.0860. The number of likely N-dealkylation sites (tertiary alicyclic amines) is 1. The number of carbonyl (C=O) groups is 1. The third-order valence-electron chi connectivity index (χ3n) is 7.22. The Bertz CT molecular complexity index is 1560. The Morgan fingerprint density at radius 2 is 1.94 bits per heavy atom. The first-order valence-electron chi connectivity index (χ1n) is 12.6. The van der Waals surface area contributed by atoms with E-state index in [0.717, 1.165) is 37.3 Å². The molecule has 3 aromatic heterocycles. The highest BCUT2D eigenvalue weighted by atomic mass is 16.1. The molecule has 0 amide bonds. The minimum Gasteiger partial charge on any atom is -0.344 e. The highest BCUT2D eigenvalue weighted by molar-refractivity contribution is 6.08. The summed E-state index contributed by atoms with van der Waals surface area (Å²) >= 11 is 0. The zero-order valence-corrected chi connectivity index (χ0v) is 21.0. The number of hydrogen-bond acceptors (Lipinski definition) is 4. The van der Waals surface area contributed by atoms with Gasteiger partial charge in [-0.25, -0.2) is 9.97 Å². The quantitative estimate of drug-likeness (QED) is 0.304. The Hall–Kier alpha value is -3.77. The number of nitrogens with zero attached hydrogens (tertiary/aromatic N) is 4. The third-order valence-corrected chi connectivity index (χ3v) is 7.22. The number of Topliss-reactive ketones (excluding diaryl/α,β-unsaturated/α-hetero) is 1. The summed E-state index contributed by atoms with van der Waals surface area (Å²) in [5, 5.41) is 1.22. The average Bonchev–Trinajstić information content (AvgIpc) is 3.61. The van der Waals surface area contributed by atoms with E-state index in [9.17, 15) is 4.79 Å². The predicted octanol–water partition coefficient (Wildman–Crippen LogP) is 6.26. The van der Waals surface area contributed by atoms with Crippen LogP contribution < -0.4 is 0 Å². The molecule has 1 N–H and O–H groups in total. The van der Waals surface area contributed by atoms with E-state index >= 15 is 0 Å². The standard InChI is InChI=1S/C30H31N5O/c1-30(2,3)28(36)24-16-31-29-27(24)33-25(17-32-29)22-10-9-21-11-14-35(26(21)15-22)23-12-13-34(19-23)18-20-7-5-4-6-8-20/h4-11,14-17,23H,12-13,18-19H2,1-3H3,(H,31,32). The molecule has 1 saturated heterocycles. The fraction of sp³-hybridized carbons (Fsp3) is 0.300. The van der Waals surface area contributed by atoms with Crippen molar-refractivity contribution in [1.82, 2.24) is 24.4 Å². The van der Waals surface area contributed by atoms with E-state index in [1.165, 1.54) is 16.5 Å². The minimum absolute atomic E-state index is 0.0609. The maximum atomic E-state index is 13.0. The molecular formula is C30H31N5O. The molecule has 1 fully saturated rings. The molecule has 1 aliphatic heterocycles. The van der Waals surface area contributed by atoms with Crippen molar-refractivity contribution >= 4 is 27.9 Å². The second kappa shape index (κ2) is 8.71. The molecule has 0 bridgehead atoms. The third kappa shape index (κ3) is 4.11. The van der Waals surface area contributed by atoms with Crippen LogP contribution in [0.1, 0.15) is 49.2 Å². The summed E-state index contributed by atoms with van der Waals surface area (Å²) in [4.78, 5) is 28.1. The summed E-state index contributed by atoms with van der Waals surface area (Å²) in [6.45, 7) is 8.91. The normalized spacial score (nSPS) is 16.8. The summed E-state index contributed by atoms with van der Waals surface area (Å²) in [5.74, 6) is 0.0609. The molecule has 182 valence electrons. The number of fused-ring (bicyclic) bond motifs is 2. The molecule has 36 heavy (non-hydrogen) atoms. The summed E-state index contributed by atoms with van der Waals surface area (Å²) in [5.41, 5.74) is 5.74. The molecule has 1 unspecified atom stereocenters. The topological polar surface area (TPSA) is 66.8 Å². The molecule has 4 heterocycles. The Morgan fingerprint density at radius 3 is 2.75 bits per heavy atom. The van der Waals surface area contributed by atoms with E-state index in [-0.39, 0.29) is 5.78 Å². The average molecular weight is 478 g/mol. The van der Waals surface area contributed by atoms with Crippen molar-refractivity contribution in [2.24, 2.45) is 5.41 Å². The van der Waals surface area contributed by atoms with Gasteiger partial charge >= 0.3 is 0 Å². The fourth-order valence-corrected chi connectivity index (χ4v) is 5.26. The summed E-state index contributed by atoms with van der Waals surface area (Å²) in [6, 6.07) is 19.8. The molecule has 2 aromatic carbocycles. The highest BCUT2D eigenvalue weighted by Gasteiger charge is 2.27. The number of aromatic nitrogens is 4. The van der Waals surface area contributed by atoms with Crippen molar-refractivity contribution < 1.29 is 4.79 Å². The predicted molar refractivity (Wildman–Crippen MR) is 144 cm³/mol. The molecule has 6 rings (SSSR count). The van der Waals surface area contributed by atoms with Crippen molar-refractivity contribution in [2.45, 2.75) is 39.8 Å². The highest BCUT2D eigenvalue weighted by Crippen LogP contribution is 2.32. The lowest BCUT2D eigenvalue weighted by atomic mass is 9.87. The SMILES string of the molecule is CC(C)(C)C(=O)c1c[nH]c2ncc(-c3ccc4ccn(C5CCN(Cc6ccccc6)C5)c4c3)nc12. The summed E-state index contributed by atoms with van der Waals surface area (Å²) in [6.07, 6.45) is 6.87. The molecular weight excluding hydrogens is 446 g/mol. The molecule has 0 radical (unpaired) electrons. The molecule has 0 aliphatic carbocycles. The first-order valence-corrected chi connectivity index (χ1v) is 12.6. The van der Waals surface area contributed by atoms with Crippen LogP contribution >= 0.6 is 0 Å². The fourth-order valence-electron chi connectivity index (χ4n) is 5.26. The summed E-state index contributed by atoms with van der Waals surface area (Å²) in [7, 11) is 0. The van der Waals surface area contributed by atoms with Gasteiger partial charge in [-0.3, -0.25) is 9.69 Å². The Balaban J connectivity index is 1.31. The zero-order valence-electron chi connectivity index (χ0n) is 21.0. The zero-order chi connectivity index (χ0) is 24.9. The van der Waals surface area contributed by atoms with E-state index in [1.807, 2.05) is 20.8 Å². The number of aromatic amines is 1. The second-order valence-electron chi connectivity index (χ2n) is 10.9. The number of benzene rings is 2. The lowest BCUT2D eigenvalue weighted by Crippen LogP contribution is -2.21. The van der Waals surface area contributed by atoms with Crippen molar-refractivity contribution in [2.75, 3.05) is 13.1 Å². The number of carbonyl (C=O) groups excluding carboxylic acids is 1. The first-order chi connectivity index (χ1) is 17.4. The molecule has 6 nitrogen and oxygen atoms in total. The first kappa shape index (κ1) is 22.7. The van der Waals surface area contributed by atoms with Gasteiger partial charge < -0.3 is 9.55 Å². The van der Waals surface area contributed by atoms with Gasteiger partial charge in [0.15, 0.2) is 11.4 Å². The Labute approximate surface area is 211 Å². The van der Waals surface area contributed by atoms with Crippen LogP contribution in [0.5, 0.6) is 0 Å². The molecule has 0 spiro atoms. The van der Waals surface area contributed by atoms with Crippen LogP contribution in [0.4, 0.5) is 0 Å². The van der Waals surface area contributed by atoms with Crippen LogP contribution in [0.2, 0.25) is 0 Å². The van der Waals surface area contributed by atoms with Crippen LogP contribution in [0.3, 0.4) is 0 Å². The molecule has 0 saturated carbocycles. The number of ketones is 1. The van der Waals surface area contributed by atoms with E-state index in [2.05, 4.69) is 80.2 Å². The van der Waals surface area contributed by atoms with Crippen molar-refractivity contribution in [1.29, 1.82) is 0 Å². The largest absolute Gasteiger partial charge is 0.344 e. The van der Waals surface area contributed by atoms with Gasteiger partial charge in [0.05, 0.1) is 17.5 Å².